The molecule has 2 atom stereocenters. The number of piperidine rings is 1. The molecule has 1 saturated carbocycles. The van der Waals surface area contributed by atoms with Gasteiger partial charge in [-0.3, -0.25) is 4.79 Å². The van der Waals surface area contributed by atoms with Gasteiger partial charge in [0.15, 0.2) is 0 Å². The Labute approximate surface area is 102 Å². The summed E-state index contributed by atoms with van der Waals surface area (Å²) in [5.74, 6) is 1.13. The molecule has 2 rings (SSSR count). The second-order valence-corrected chi connectivity index (χ2v) is 5.94. The molecule has 0 aromatic rings. The van der Waals surface area contributed by atoms with E-state index in [-0.39, 0.29) is 5.91 Å². The molecule has 1 aliphatic carbocycles. The number of hydrogen-bond donors (Lipinski definition) is 1. The first kappa shape index (κ1) is 12.2. The largest absolute Gasteiger partial charge is 0.389 e. The van der Waals surface area contributed by atoms with E-state index in [1.54, 1.807) is 11.8 Å². The molecule has 4 heteroatoms. The Morgan fingerprint density at radius 3 is 3.06 bits per heavy atom. The predicted molar refractivity (Wildman–Crippen MR) is 66.5 cm³/mol. The molecule has 16 heavy (non-hydrogen) atoms. The highest BCUT2D eigenvalue weighted by atomic mass is 32.2. The lowest BCUT2D eigenvalue weighted by atomic mass is 9.71. The van der Waals surface area contributed by atoms with Gasteiger partial charge in [0.1, 0.15) is 0 Å². The van der Waals surface area contributed by atoms with Gasteiger partial charge in [0.2, 0.25) is 5.91 Å². The summed E-state index contributed by atoms with van der Waals surface area (Å²) in [5.41, 5.74) is -0.464. The summed E-state index contributed by atoms with van der Waals surface area (Å²) in [5, 5.41) is 10.5. The predicted octanol–water partition coefficient (Wildman–Crippen LogP) is 1.50. The maximum absolute atomic E-state index is 11.8. The van der Waals surface area contributed by atoms with Crippen LogP contribution in [0.4, 0.5) is 0 Å². The van der Waals surface area contributed by atoms with E-state index in [0.29, 0.717) is 11.7 Å². The van der Waals surface area contributed by atoms with Gasteiger partial charge >= 0.3 is 0 Å². The van der Waals surface area contributed by atoms with E-state index in [4.69, 9.17) is 0 Å². The van der Waals surface area contributed by atoms with Crippen LogP contribution in [0.3, 0.4) is 0 Å². The van der Waals surface area contributed by atoms with Crippen LogP contribution in [0.25, 0.3) is 0 Å². The minimum absolute atomic E-state index is 0.236. The van der Waals surface area contributed by atoms with Crippen LogP contribution >= 0.6 is 11.8 Å². The maximum Gasteiger partial charge on any atom is 0.232 e. The van der Waals surface area contributed by atoms with Crippen molar-refractivity contribution in [1.82, 2.24) is 4.90 Å². The van der Waals surface area contributed by atoms with E-state index >= 15 is 0 Å². The molecule has 0 bridgehead atoms. The van der Waals surface area contributed by atoms with Crippen molar-refractivity contribution in [2.75, 3.05) is 25.1 Å². The number of fused-ring (bicyclic) bond motifs is 1. The number of carbonyl (C=O) groups excluding carboxylic acids is 1. The van der Waals surface area contributed by atoms with Crippen molar-refractivity contribution < 1.29 is 9.90 Å². The molecule has 1 amide bonds. The maximum atomic E-state index is 11.8. The fourth-order valence-corrected chi connectivity index (χ4v) is 3.44. The number of likely N-dealkylation sites (tertiary alicyclic amines) is 1. The normalized spacial score (nSPS) is 34.6. The van der Waals surface area contributed by atoms with Crippen molar-refractivity contribution in [2.45, 2.75) is 37.7 Å². The molecule has 0 spiro atoms. The monoisotopic (exact) mass is 243 g/mol. The van der Waals surface area contributed by atoms with E-state index in [2.05, 4.69) is 0 Å². The highest BCUT2D eigenvalue weighted by Crippen LogP contribution is 2.39. The van der Waals surface area contributed by atoms with E-state index in [0.717, 1.165) is 38.8 Å². The zero-order valence-corrected chi connectivity index (χ0v) is 10.8. The molecule has 0 aromatic heterocycles. The van der Waals surface area contributed by atoms with Crippen molar-refractivity contribution in [3.05, 3.63) is 0 Å². The molecule has 1 N–H and O–H groups in total. The first-order chi connectivity index (χ1) is 7.65. The van der Waals surface area contributed by atoms with Crippen LogP contribution < -0.4 is 0 Å². The first-order valence-corrected chi connectivity index (χ1v) is 7.54. The van der Waals surface area contributed by atoms with Gasteiger partial charge in [-0.15, -0.1) is 0 Å². The lowest BCUT2D eigenvalue weighted by Gasteiger charge is -2.47. The van der Waals surface area contributed by atoms with Gasteiger partial charge in [-0.2, -0.15) is 11.8 Å². The van der Waals surface area contributed by atoms with Crippen LogP contribution in [0, 0.1) is 5.92 Å². The van der Waals surface area contributed by atoms with Gasteiger partial charge in [-0.25, -0.2) is 0 Å². The standard InChI is InChI=1S/C12H21NO2S/c1-16-9-11(14)13-7-6-12(15)5-3-2-4-10(12)8-13/h10,15H,2-9H2,1H3. The molecule has 92 valence electrons. The molecule has 2 aliphatic rings. The molecule has 2 unspecified atom stereocenters. The zero-order valence-electron chi connectivity index (χ0n) is 9.95. The van der Waals surface area contributed by atoms with Gasteiger partial charge < -0.3 is 10.0 Å². The van der Waals surface area contributed by atoms with Crippen LogP contribution in [0.5, 0.6) is 0 Å². The molecule has 1 heterocycles. The molecular formula is C12H21NO2S. The Bertz CT molecular complexity index is 272. The summed E-state index contributed by atoms with van der Waals surface area (Å²) in [6, 6.07) is 0. The van der Waals surface area contributed by atoms with Gasteiger partial charge in [-0.05, 0) is 25.5 Å². The van der Waals surface area contributed by atoms with Crippen molar-refractivity contribution in [3.8, 4) is 0 Å². The molecular weight excluding hydrogens is 222 g/mol. The summed E-state index contributed by atoms with van der Waals surface area (Å²) >= 11 is 1.58. The highest BCUT2D eigenvalue weighted by Gasteiger charge is 2.43. The molecule has 0 aromatic carbocycles. The van der Waals surface area contributed by atoms with Gasteiger partial charge in [-0.1, -0.05) is 12.8 Å². The number of thioether (sulfide) groups is 1. The Kier molecular flexibility index (Phi) is 3.80. The molecule has 3 nitrogen and oxygen atoms in total. The summed E-state index contributed by atoms with van der Waals surface area (Å²) in [6.45, 7) is 1.52. The van der Waals surface area contributed by atoms with Gasteiger partial charge in [0.05, 0.1) is 11.4 Å². The second kappa shape index (κ2) is 4.96. The molecule has 1 saturated heterocycles. The van der Waals surface area contributed by atoms with E-state index in [9.17, 15) is 9.90 Å². The van der Waals surface area contributed by atoms with Crippen LogP contribution in [0.15, 0.2) is 0 Å². The van der Waals surface area contributed by atoms with Crippen molar-refractivity contribution in [2.24, 2.45) is 5.92 Å². The van der Waals surface area contributed by atoms with Crippen LogP contribution in [-0.4, -0.2) is 46.6 Å². The number of amides is 1. The van der Waals surface area contributed by atoms with Gasteiger partial charge in [0.25, 0.3) is 0 Å². The van der Waals surface area contributed by atoms with Gasteiger partial charge in [0, 0.05) is 19.0 Å². The van der Waals surface area contributed by atoms with Crippen molar-refractivity contribution in [3.63, 3.8) is 0 Å². The quantitative estimate of drug-likeness (QED) is 0.799. The minimum atomic E-state index is -0.464. The van der Waals surface area contributed by atoms with E-state index < -0.39 is 5.60 Å². The van der Waals surface area contributed by atoms with Crippen molar-refractivity contribution in [1.29, 1.82) is 0 Å². The SMILES string of the molecule is CSCC(=O)N1CCC2(O)CCCCC2C1. The molecule has 2 fully saturated rings. The first-order valence-electron chi connectivity index (χ1n) is 6.15. The third-order valence-corrected chi connectivity index (χ3v) is 4.58. The smallest absolute Gasteiger partial charge is 0.232 e. The third-order valence-electron chi connectivity index (χ3n) is 4.05. The summed E-state index contributed by atoms with van der Waals surface area (Å²) in [7, 11) is 0. The average Bonchev–Trinajstić information content (AvgIpc) is 2.28. The minimum Gasteiger partial charge on any atom is -0.389 e. The average molecular weight is 243 g/mol. The third kappa shape index (κ3) is 2.38. The van der Waals surface area contributed by atoms with E-state index in [1.807, 2.05) is 11.2 Å². The Morgan fingerprint density at radius 2 is 2.31 bits per heavy atom. The summed E-state index contributed by atoms with van der Waals surface area (Å²) in [6.07, 6.45) is 7.10. The lowest BCUT2D eigenvalue weighted by molar-refractivity contribution is -0.140. The van der Waals surface area contributed by atoms with Crippen LogP contribution in [-0.2, 0) is 4.79 Å². The Morgan fingerprint density at radius 1 is 1.50 bits per heavy atom. The number of rotatable bonds is 2. The molecule has 1 aliphatic heterocycles. The number of carbonyl (C=O) groups is 1. The Balaban J connectivity index is 1.96. The number of hydrogen-bond acceptors (Lipinski definition) is 3. The fraction of sp³-hybridized carbons (Fsp3) is 0.917. The Hall–Kier alpha value is -0.220. The van der Waals surface area contributed by atoms with E-state index in [1.165, 1.54) is 6.42 Å². The summed E-state index contributed by atoms with van der Waals surface area (Å²) < 4.78 is 0. The van der Waals surface area contributed by atoms with Crippen LogP contribution in [0.2, 0.25) is 0 Å². The lowest BCUT2D eigenvalue weighted by Crippen LogP contribution is -2.54. The fourth-order valence-electron chi connectivity index (χ4n) is 3.01. The second-order valence-electron chi connectivity index (χ2n) is 5.07. The van der Waals surface area contributed by atoms with Crippen molar-refractivity contribution >= 4 is 17.7 Å². The number of aliphatic hydroxyl groups is 1. The molecule has 0 radical (unpaired) electrons. The zero-order chi connectivity index (χ0) is 11.6. The number of nitrogens with zero attached hydrogens (tertiary/aromatic N) is 1. The topological polar surface area (TPSA) is 40.5 Å². The highest BCUT2D eigenvalue weighted by molar-refractivity contribution is 7.99. The van der Waals surface area contributed by atoms with Crippen LogP contribution in [0.1, 0.15) is 32.1 Å². The summed E-state index contributed by atoms with van der Waals surface area (Å²) in [4.78, 5) is 13.7.